The number of hydrogen-bond donors (Lipinski definition) is 1. The summed E-state index contributed by atoms with van der Waals surface area (Å²) in [7, 11) is 0. The van der Waals surface area contributed by atoms with Gasteiger partial charge in [-0.25, -0.2) is 4.98 Å². The van der Waals surface area contributed by atoms with Crippen LogP contribution in [0.5, 0.6) is 11.5 Å². The number of nitrogens with one attached hydrogen (secondary N) is 1. The van der Waals surface area contributed by atoms with E-state index >= 15 is 0 Å². The van der Waals surface area contributed by atoms with Crippen molar-refractivity contribution in [3.63, 3.8) is 0 Å². The smallest absolute Gasteiger partial charge is 0.313 e. The number of rotatable bonds is 10. The first kappa shape index (κ1) is 23.6. The molecule has 0 aliphatic carbocycles. The first-order valence-corrected chi connectivity index (χ1v) is 10.4. The number of nitro benzene ring substituents is 1. The van der Waals surface area contributed by atoms with Gasteiger partial charge in [0.2, 0.25) is 5.82 Å². The number of non-ortho nitro benzene ring substituents is 1. The molecule has 1 aromatic heterocycles. The molecule has 0 radical (unpaired) electrons. The van der Waals surface area contributed by atoms with Crippen LogP contribution in [0.2, 0.25) is 0 Å². The van der Waals surface area contributed by atoms with Crippen LogP contribution in [0.25, 0.3) is 0 Å². The van der Waals surface area contributed by atoms with Crippen LogP contribution in [0.3, 0.4) is 0 Å². The van der Waals surface area contributed by atoms with Crippen LogP contribution >= 0.6 is 15.9 Å². The molecule has 0 saturated heterocycles. The number of nitro groups is 2. The fourth-order valence-corrected chi connectivity index (χ4v) is 3.35. The predicted octanol–water partition coefficient (Wildman–Crippen LogP) is 5.08. The van der Waals surface area contributed by atoms with Crippen molar-refractivity contribution in [3.05, 3.63) is 90.6 Å². The third-order valence-electron chi connectivity index (χ3n) is 4.20. The number of halogens is 1. The number of benzene rings is 2. The van der Waals surface area contributed by atoms with Gasteiger partial charge in [0.15, 0.2) is 11.5 Å². The molecule has 33 heavy (non-hydrogen) atoms. The van der Waals surface area contributed by atoms with Crippen LogP contribution < -0.4 is 14.9 Å². The van der Waals surface area contributed by atoms with Gasteiger partial charge in [-0.3, -0.25) is 25.7 Å². The molecule has 0 saturated carbocycles. The van der Waals surface area contributed by atoms with Crippen LogP contribution in [0, 0.1) is 20.2 Å². The number of hydrazone groups is 1. The van der Waals surface area contributed by atoms with Crippen molar-refractivity contribution in [1.82, 2.24) is 4.98 Å². The fourth-order valence-electron chi connectivity index (χ4n) is 2.78. The zero-order chi connectivity index (χ0) is 23.8. The van der Waals surface area contributed by atoms with Crippen molar-refractivity contribution in [2.75, 3.05) is 12.0 Å². The second-order valence-electron chi connectivity index (χ2n) is 6.48. The molecule has 3 aromatic rings. The summed E-state index contributed by atoms with van der Waals surface area (Å²) < 4.78 is 12.1. The largest absolute Gasteiger partial charge is 0.490 e. The average molecular weight is 516 g/mol. The Kier molecular flexibility index (Phi) is 7.86. The molecular weight excluding hydrogens is 498 g/mol. The lowest BCUT2D eigenvalue weighted by molar-refractivity contribution is -0.385. The Labute approximate surface area is 196 Å². The molecule has 3 rings (SSSR count). The van der Waals surface area contributed by atoms with Crippen LogP contribution in [0.15, 0.2) is 64.3 Å². The van der Waals surface area contributed by atoms with Gasteiger partial charge < -0.3 is 9.47 Å². The van der Waals surface area contributed by atoms with E-state index in [-0.39, 0.29) is 23.8 Å². The molecule has 0 aliphatic heterocycles. The molecule has 11 nitrogen and oxygen atoms in total. The Morgan fingerprint density at radius 1 is 1.12 bits per heavy atom. The standard InChI is InChI=1S/C21H18BrN5O6/c1-2-32-19-11-15(12-24-25-21-18(27(30)31)7-4-8-23-21)10-17(22)20(19)33-13-14-5-3-6-16(9-14)26(28)29/h3-12H,2,13H2,1H3,(H,23,25)/b24-12-. The molecule has 0 spiro atoms. The minimum atomic E-state index is -0.553. The Morgan fingerprint density at radius 3 is 2.67 bits per heavy atom. The minimum Gasteiger partial charge on any atom is -0.490 e. The first-order chi connectivity index (χ1) is 15.9. The number of aromatic nitrogens is 1. The molecule has 12 heteroatoms. The average Bonchev–Trinajstić information content (AvgIpc) is 2.79. The monoisotopic (exact) mass is 515 g/mol. The minimum absolute atomic E-state index is 0.0137. The maximum absolute atomic E-state index is 11.1. The van der Waals surface area contributed by atoms with Crippen molar-refractivity contribution in [3.8, 4) is 11.5 Å². The van der Waals surface area contributed by atoms with Crippen LogP contribution in [0.1, 0.15) is 18.1 Å². The molecule has 1 heterocycles. The maximum Gasteiger partial charge on any atom is 0.313 e. The number of nitrogens with zero attached hydrogens (tertiary/aromatic N) is 4. The summed E-state index contributed by atoms with van der Waals surface area (Å²) >= 11 is 3.45. The van der Waals surface area contributed by atoms with Gasteiger partial charge in [0, 0.05) is 24.4 Å². The summed E-state index contributed by atoms with van der Waals surface area (Å²) in [5.74, 6) is 0.871. The van der Waals surface area contributed by atoms with Gasteiger partial charge in [0.05, 0.1) is 27.1 Å². The van der Waals surface area contributed by atoms with E-state index in [0.717, 1.165) is 0 Å². The van der Waals surface area contributed by atoms with Crippen molar-refractivity contribution < 1.29 is 19.3 Å². The molecule has 0 bridgehead atoms. The van der Waals surface area contributed by atoms with E-state index in [1.54, 1.807) is 24.3 Å². The number of hydrogen-bond acceptors (Lipinski definition) is 9. The zero-order valence-electron chi connectivity index (χ0n) is 17.3. The fraction of sp³-hybridized carbons (Fsp3) is 0.143. The Bertz CT molecular complexity index is 1200. The molecule has 1 N–H and O–H groups in total. The van der Waals surface area contributed by atoms with Gasteiger partial charge >= 0.3 is 5.69 Å². The van der Waals surface area contributed by atoms with E-state index in [0.29, 0.717) is 33.7 Å². The first-order valence-electron chi connectivity index (χ1n) is 9.60. The topological polar surface area (TPSA) is 142 Å². The quantitative estimate of drug-likeness (QED) is 0.223. The van der Waals surface area contributed by atoms with E-state index in [9.17, 15) is 20.2 Å². The van der Waals surface area contributed by atoms with Gasteiger partial charge in [-0.15, -0.1) is 0 Å². The summed E-state index contributed by atoms with van der Waals surface area (Å²) in [4.78, 5) is 24.9. The molecule has 0 amide bonds. The highest BCUT2D eigenvalue weighted by Gasteiger charge is 2.15. The number of anilines is 1. The molecule has 0 aliphatic rings. The third-order valence-corrected chi connectivity index (χ3v) is 4.79. The van der Waals surface area contributed by atoms with E-state index < -0.39 is 9.85 Å². The van der Waals surface area contributed by atoms with Gasteiger partial charge in [0.25, 0.3) is 5.69 Å². The van der Waals surface area contributed by atoms with E-state index in [1.165, 1.54) is 36.7 Å². The van der Waals surface area contributed by atoms with Gasteiger partial charge in [-0.05, 0) is 52.2 Å². The highest BCUT2D eigenvalue weighted by molar-refractivity contribution is 9.10. The molecule has 170 valence electrons. The van der Waals surface area contributed by atoms with Crippen LogP contribution in [-0.2, 0) is 6.61 Å². The maximum atomic E-state index is 11.1. The summed E-state index contributed by atoms with van der Waals surface area (Å²) in [5.41, 5.74) is 3.60. The second kappa shape index (κ2) is 11.0. The Hall–Kier alpha value is -4.06. The zero-order valence-corrected chi connectivity index (χ0v) is 18.9. The summed E-state index contributed by atoms with van der Waals surface area (Å²) in [6.45, 7) is 2.29. The van der Waals surface area contributed by atoms with Crippen LogP contribution in [-0.4, -0.2) is 27.7 Å². The lowest BCUT2D eigenvalue weighted by Crippen LogP contribution is -2.02. The molecule has 0 atom stereocenters. The summed E-state index contributed by atoms with van der Waals surface area (Å²) in [6.07, 6.45) is 2.87. The normalized spacial score (nSPS) is 10.7. The highest BCUT2D eigenvalue weighted by Crippen LogP contribution is 2.37. The molecule has 0 unspecified atom stereocenters. The Morgan fingerprint density at radius 2 is 1.94 bits per heavy atom. The third kappa shape index (κ3) is 6.23. The van der Waals surface area contributed by atoms with Gasteiger partial charge in [-0.2, -0.15) is 5.10 Å². The van der Waals surface area contributed by atoms with Gasteiger partial charge in [0.1, 0.15) is 6.61 Å². The molecule has 0 fully saturated rings. The lowest BCUT2D eigenvalue weighted by atomic mass is 10.2. The summed E-state index contributed by atoms with van der Waals surface area (Å²) in [5, 5.41) is 26.1. The molecule has 2 aromatic carbocycles. The predicted molar refractivity (Wildman–Crippen MR) is 125 cm³/mol. The van der Waals surface area contributed by atoms with Crippen molar-refractivity contribution >= 4 is 39.3 Å². The van der Waals surface area contributed by atoms with Crippen LogP contribution in [0.4, 0.5) is 17.2 Å². The number of pyridine rings is 1. The van der Waals surface area contributed by atoms with Crippen molar-refractivity contribution in [2.24, 2.45) is 5.10 Å². The Balaban J connectivity index is 1.78. The van der Waals surface area contributed by atoms with E-state index in [4.69, 9.17) is 9.47 Å². The van der Waals surface area contributed by atoms with E-state index in [1.807, 2.05) is 6.92 Å². The van der Waals surface area contributed by atoms with E-state index in [2.05, 4.69) is 31.4 Å². The highest BCUT2D eigenvalue weighted by atomic mass is 79.9. The molecular formula is C21H18BrN5O6. The second-order valence-corrected chi connectivity index (χ2v) is 7.33. The van der Waals surface area contributed by atoms with Crippen molar-refractivity contribution in [2.45, 2.75) is 13.5 Å². The summed E-state index contributed by atoms with van der Waals surface area (Å²) in [6, 6.07) is 12.4. The van der Waals surface area contributed by atoms with Gasteiger partial charge in [-0.1, -0.05) is 12.1 Å². The number of ether oxygens (including phenoxy) is 2. The SMILES string of the molecule is CCOc1cc(/C=N\Nc2ncccc2[N+](=O)[O-])cc(Br)c1OCc1cccc([N+](=O)[O-])c1. The lowest BCUT2D eigenvalue weighted by Gasteiger charge is -2.14. The van der Waals surface area contributed by atoms with Crippen molar-refractivity contribution in [1.29, 1.82) is 0 Å².